The van der Waals surface area contributed by atoms with Gasteiger partial charge in [0.05, 0.1) is 0 Å². The number of benzene rings is 2. The highest BCUT2D eigenvalue weighted by Crippen LogP contribution is 2.17. The molecule has 0 radical (unpaired) electrons. The van der Waals surface area contributed by atoms with Crippen molar-refractivity contribution in [2.45, 2.75) is 6.92 Å². The number of hydrogen-bond acceptors (Lipinski definition) is 2. The Balaban J connectivity index is 0.000000196. The smallest absolute Gasteiger partial charge is 0.150 e. The Labute approximate surface area is 124 Å². The summed E-state index contributed by atoms with van der Waals surface area (Å²) < 4.78 is 2.14. The largest absolute Gasteiger partial charge is 0.351 e. The van der Waals surface area contributed by atoms with E-state index in [1.165, 1.54) is 16.5 Å². The Hall–Kier alpha value is -2.68. The molecule has 3 nitrogen and oxygen atoms in total. The normalized spacial score (nSPS) is 9.05. The Morgan fingerprint density at radius 2 is 1.62 bits per heavy atom. The van der Waals surface area contributed by atoms with Crippen LogP contribution in [0.15, 0.2) is 60.8 Å². The first-order valence-electron chi connectivity index (χ1n) is 6.52. The highest BCUT2D eigenvalue weighted by atomic mass is 16.1. The van der Waals surface area contributed by atoms with E-state index in [0.717, 1.165) is 11.8 Å². The van der Waals surface area contributed by atoms with Crippen LogP contribution in [0.3, 0.4) is 0 Å². The summed E-state index contributed by atoms with van der Waals surface area (Å²) in [6.45, 7) is 4.14. The van der Waals surface area contributed by atoms with Gasteiger partial charge in [0.2, 0.25) is 0 Å². The van der Waals surface area contributed by atoms with E-state index in [0.29, 0.717) is 0 Å². The maximum Gasteiger partial charge on any atom is 0.150 e. The second kappa shape index (κ2) is 8.48. The van der Waals surface area contributed by atoms with E-state index >= 15 is 0 Å². The molecule has 21 heavy (non-hydrogen) atoms. The number of nitrogens with zero attached hydrogens (tertiary/aromatic N) is 1. The van der Waals surface area contributed by atoms with Gasteiger partial charge in [-0.2, -0.15) is 0 Å². The molecule has 0 unspecified atom stereocenters. The van der Waals surface area contributed by atoms with Crippen LogP contribution < -0.4 is 0 Å². The second-order valence-electron chi connectivity index (χ2n) is 4.46. The number of hydrogen-bond donors (Lipinski definition) is 0. The minimum Gasteiger partial charge on any atom is -0.351 e. The van der Waals surface area contributed by atoms with E-state index in [2.05, 4.69) is 49.0 Å². The molecular weight excluding hydrogens is 262 g/mol. The third-order valence-corrected chi connectivity index (χ3v) is 3.08. The van der Waals surface area contributed by atoms with Crippen molar-refractivity contribution in [3.63, 3.8) is 0 Å². The number of rotatable bonds is 1. The molecule has 0 fully saturated rings. The highest BCUT2D eigenvalue weighted by molar-refractivity contribution is 5.83. The van der Waals surface area contributed by atoms with E-state index in [4.69, 9.17) is 4.79 Å². The van der Waals surface area contributed by atoms with Crippen LogP contribution in [-0.4, -0.2) is 17.6 Å². The first-order chi connectivity index (χ1) is 10.2. The van der Waals surface area contributed by atoms with Crippen LogP contribution in [0.25, 0.3) is 10.9 Å². The van der Waals surface area contributed by atoms with Crippen LogP contribution in [0.5, 0.6) is 0 Å². The van der Waals surface area contributed by atoms with Crippen molar-refractivity contribution in [3.8, 4) is 0 Å². The standard InChI is InChI=1S/C10H11N.C7H6O.CH2O/c1-8-4-3-5-10-9(8)6-7-11(10)2;8-6-7-4-2-1-3-5-7;1-2/h3-7H,1-2H3;1-6H;1H2. The lowest BCUT2D eigenvalue weighted by Crippen LogP contribution is -1.83. The summed E-state index contributed by atoms with van der Waals surface area (Å²) in [4.78, 5) is 18.0. The second-order valence-corrected chi connectivity index (χ2v) is 4.46. The summed E-state index contributed by atoms with van der Waals surface area (Å²) >= 11 is 0. The Bertz CT molecular complexity index is 687. The molecule has 0 aliphatic heterocycles. The van der Waals surface area contributed by atoms with Gasteiger partial charge in [-0.25, -0.2) is 0 Å². The number of carbonyl (C=O) groups excluding carboxylic acids is 2. The van der Waals surface area contributed by atoms with Crippen molar-refractivity contribution in [3.05, 3.63) is 71.9 Å². The molecule has 108 valence electrons. The third kappa shape index (κ3) is 4.42. The molecule has 0 bridgehead atoms. The number of aldehydes is 1. The fraction of sp³-hybridized carbons (Fsp3) is 0.111. The average Bonchev–Trinajstić information content (AvgIpc) is 2.94. The molecule has 0 spiro atoms. The van der Waals surface area contributed by atoms with Gasteiger partial charge in [0.1, 0.15) is 13.1 Å². The van der Waals surface area contributed by atoms with Crippen molar-refractivity contribution in [1.29, 1.82) is 0 Å². The van der Waals surface area contributed by atoms with Crippen LogP contribution in [-0.2, 0) is 11.8 Å². The van der Waals surface area contributed by atoms with Crippen molar-refractivity contribution in [2.75, 3.05) is 0 Å². The molecule has 0 atom stereocenters. The van der Waals surface area contributed by atoms with Gasteiger partial charge in [0.15, 0.2) is 0 Å². The lowest BCUT2D eigenvalue weighted by molar-refractivity contribution is -0.0979. The molecule has 1 heterocycles. The zero-order valence-electron chi connectivity index (χ0n) is 12.3. The van der Waals surface area contributed by atoms with Gasteiger partial charge in [-0.1, -0.05) is 42.5 Å². The molecule has 2 aromatic carbocycles. The van der Waals surface area contributed by atoms with Crippen molar-refractivity contribution in [2.24, 2.45) is 7.05 Å². The van der Waals surface area contributed by atoms with E-state index in [1.807, 2.05) is 25.0 Å². The first-order valence-corrected chi connectivity index (χ1v) is 6.52. The predicted octanol–water partition coefficient (Wildman–Crippen LogP) is 3.80. The Morgan fingerprint density at radius 3 is 2.14 bits per heavy atom. The third-order valence-electron chi connectivity index (χ3n) is 3.08. The van der Waals surface area contributed by atoms with Gasteiger partial charge >= 0.3 is 0 Å². The summed E-state index contributed by atoms with van der Waals surface area (Å²) in [6.07, 6.45) is 2.93. The SMILES string of the molecule is C=O.Cc1cccc2c1ccn2C.O=Cc1ccccc1. The molecule has 3 heteroatoms. The van der Waals surface area contributed by atoms with Crippen LogP contribution in [0.1, 0.15) is 15.9 Å². The summed E-state index contributed by atoms with van der Waals surface area (Å²) in [5.41, 5.74) is 3.39. The molecule has 0 aliphatic carbocycles. The summed E-state index contributed by atoms with van der Waals surface area (Å²) in [5, 5.41) is 1.36. The van der Waals surface area contributed by atoms with E-state index in [9.17, 15) is 4.79 Å². The maximum absolute atomic E-state index is 10.0. The molecule has 0 saturated heterocycles. The molecule has 0 amide bonds. The number of fused-ring (bicyclic) bond motifs is 1. The summed E-state index contributed by atoms with van der Waals surface area (Å²) in [5.74, 6) is 0. The highest BCUT2D eigenvalue weighted by Gasteiger charge is 1.97. The Kier molecular flexibility index (Phi) is 6.61. The molecule has 0 aliphatic rings. The molecule has 0 N–H and O–H groups in total. The zero-order chi connectivity index (χ0) is 15.7. The summed E-state index contributed by atoms with van der Waals surface area (Å²) in [6, 6.07) is 17.6. The Morgan fingerprint density at radius 1 is 0.952 bits per heavy atom. The molecule has 3 rings (SSSR count). The van der Waals surface area contributed by atoms with Gasteiger partial charge in [-0.3, -0.25) is 4.79 Å². The van der Waals surface area contributed by atoms with Gasteiger partial charge in [0, 0.05) is 29.7 Å². The molecule has 0 saturated carbocycles. The van der Waals surface area contributed by atoms with Gasteiger partial charge in [0.25, 0.3) is 0 Å². The maximum atomic E-state index is 10.0. The lowest BCUT2D eigenvalue weighted by atomic mass is 10.1. The average molecular weight is 281 g/mol. The van der Waals surface area contributed by atoms with Crippen LogP contribution >= 0.6 is 0 Å². The molecule has 3 aromatic rings. The topological polar surface area (TPSA) is 39.1 Å². The van der Waals surface area contributed by atoms with Crippen LogP contribution in [0.2, 0.25) is 0 Å². The van der Waals surface area contributed by atoms with Crippen LogP contribution in [0, 0.1) is 6.92 Å². The number of aromatic nitrogens is 1. The van der Waals surface area contributed by atoms with E-state index < -0.39 is 0 Å². The number of carbonyl (C=O) groups is 2. The zero-order valence-corrected chi connectivity index (χ0v) is 12.3. The van der Waals surface area contributed by atoms with Crippen LogP contribution in [0.4, 0.5) is 0 Å². The van der Waals surface area contributed by atoms with E-state index in [-0.39, 0.29) is 0 Å². The molecule has 1 aromatic heterocycles. The minimum atomic E-state index is 0.729. The fourth-order valence-electron chi connectivity index (χ4n) is 1.99. The lowest BCUT2D eigenvalue weighted by Gasteiger charge is -1.96. The van der Waals surface area contributed by atoms with Gasteiger partial charge in [-0.15, -0.1) is 0 Å². The van der Waals surface area contributed by atoms with Crippen molar-refractivity contribution < 1.29 is 9.59 Å². The fourth-order valence-corrected chi connectivity index (χ4v) is 1.99. The number of aryl methyl sites for hydroxylation is 2. The predicted molar refractivity (Wildman–Crippen MR) is 86.6 cm³/mol. The van der Waals surface area contributed by atoms with Gasteiger partial charge in [-0.05, 0) is 24.6 Å². The monoisotopic (exact) mass is 281 g/mol. The van der Waals surface area contributed by atoms with Gasteiger partial charge < -0.3 is 9.36 Å². The first kappa shape index (κ1) is 16.4. The van der Waals surface area contributed by atoms with Crippen molar-refractivity contribution >= 4 is 24.0 Å². The quantitative estimate of drug-likeness (QED) is 0.636. The van der Waals surface area contributed by atoms with Crippen molar-refractivity contribution in [1.82, 2.24) is 4.57 Å². The summed E-state index contributed by atoms with van der Waals surface area (Å²) in [7, 11) is 2.07. The van der Waals surface area contributed by atoms with E-state index in [1.54, 1.807) is 12.1 Å². The minimum absolute atomic E-state index is 0.729. The molecular formula is C18H19NO2.